The molecular weight excluding hydrogens is 376 g/mol. The van der Waals surface area contributed by atoms with E-state index < -0.39 is 5.97 Å². The van der Waals surface area contributed by atoms with Gasteiger partial charge in [-0.15, -0.1) is 0 Å². The number of fused-ring (bicyclic) bond motifs is 1. The maximum Gasteiger partial charge on any atom is 0.271 e. The number of nitrogens with one attached hydrogen (secondary N) is 1. The predicted octanol–water partition coefficient (Wildman–Crippen LogP) is 2.19. The van der Waals surface area contributed by atoms with Gasteiger partial charge in [0.25, 0.3) is 5.91 Å². The highest BCUT2D eigenvalue weighted by molar-refractivity contribution is 6.01. The summed E-state index contributed by atoms with van der Waals surface area (Å²) >= 11 is 0. The first kappa shape index (κ1) is 18.3. The van der Waals surface area contributed by atoms with Gasteiger partial charge in [0.05, 0.1) is 5.71 Å². The summed E-state index contributed by atoms with van der Waals surface area (Å²) in [5.41, 5.74) is 5.01. The van der Waals surface area contributed by atoms with Crippen molar-refractivity contribution in [2.75, 3.05) is 6.79 Å². The van der Waals surface area contributed by atoms with E-state index in [0.717, 1.165) is 5.56 Å². The molecule has 0 aliphatic carbocycles. The molecule has 0 atom stereocenters. The summed E-state index contributed by atoms with van der Waals surface area (Å²) in [6, 6.07) is 14.9. The van der Waals surface area contributed by atoms with E-state index in [-0.39, 0.29) is 18.5 Å². The molecule has 1 N–H and O–H groups in total. The number of hydrogen-bond donors (Lipinski definition) is 1. The first-order chi connectivity index (χ1) is 14.0. The summed E-state index contributed by atoms with van der Waals surface area (Å²) in [5, 5.41) is 14.9. The topological polar surface area (TPSA) is 113 Å². The van der Waals surface area contributed by atoms with Crippen LogP contribution < -0.4 is 20.0 Å². The number of benzene rings is 2. The lowest BCUT2D eigenvalue weighted by Gasteiger charge is -2.05. The SMILES string of the molecule is C/C(=N/NC(=O)c1ccc2c(c1)OCO2)c1ccc(-c2ccc(C(=O)[O-])o2)cc1. The van der Waals surface area contributed by atoms with E-state index in [1.54, 1.807) is 55.5 Å². The van der Waals surface area contributed by atoms with E-state index in [9.17, 15) is 14.7 Å². The second-order valence-electron chi connectivity index (χ2n) is 6.23. The zero-order valence-electron chi connectivity index (χ0n) is 15.3. The summed E-state index contributed by atoms with van der Waals surface area (Å²) in [7, 11) is 0. The number of hydrogen-bond acceptors (Lipinski definition) is 7. The molecule has 0 unspecified atom stereocenters. The molecule has 8 nitrogen and oxygen atoms in total. The second-order valence-corrected chi connectivity index (χ2v) is 6.23. The molecule has 1 aromatic heterocycles. The number of nitrogens with zero attached hydrogens (tertiary/aromatic N) is 1. The van der Waals surface area contributed by atoms with Crippen molar-refractivity contribution in [3.05, 3.63) is 71.5 Å². The van der Waals surface area contributed by atoms with Crippen LogP contribution in [-0.4, -0.2) is 24.4 Å². The molecule has 1 aliphatic heterocycles. The van der Waals surface area contributed by atoms with Crippen LogP contribution in [0.2, 0.25) is 0 Å². The maximum atomic E-state index is 12.3. The van der Waals surface area contributed by atoms with Gasteiger partial charge in [0.2, 0.25) is 6.79 Å². The van der Waals surface area contributed by atoms with Crippen LogP contribution in [0.4, 0.5) is 0 Å². The van der Waals surface area contributed by atoms with Crippen molar-refractivity contribution in [3.8, 4) is 22.8 Å². The van der Waals surface area contributed by atoms with Gasteiger partial charge in [-0.2, -0.15) is 5.10 Å². The Morgan fingerprint density at radius 3 is 2.41 bits per heavy atom. The fourth-order valence-corrected chi connectivity index (χ4v) is 2.78. The van der Waals surface area contributed by atoms with E-state index >= 15 is 0 Å². The molecule has 4 rings (SSSR count). The third kappa shape index (κ3) is 3.81. The number of rotatable bonds is 5. The number of amides is 1. The lowest BCUT2D eigenvalue weighted by molar-refractivity contribution is -0.257. The lowest BCUT2D eigenvalue weighted by Crippen LogP contribution is -2.21. The summed E-state index contributed by atoms with van der Waals surface area (Å²) < 4.78 is 15.7. The minimum absolute atomic E-state index is 0.139. The van der Waals surface area contributed by atoms with Crippen molar-refractivity contribution in [1.29, 1.82) is 0 Å². The molecule has 0 bridgehead atoms. The molecular formula is C21H15N2O6-. The van der Waals surface area contributed by atoms with E-state index in [1.807, 2.05) is 0 Å². The van der Waals surface area contributed by atoms with E-state index in [2.05, 4.69) is 10.5 Å². The van der Waals surface area contributed by atoms with Gasteiger partial charge >= 0.3 is 0 Å². The third-order valence-electron chi connectivity index (χ3n) is 4.35. The Labute approximate surface area is 165 Å². The van der Waals surface area contributed by atoms with Gasteiger partial charge in [-0.05, 0) is 42.8 Å². The fourth-order valence-electron chi connectivity index (χ4n) is 2.78. The van der Waals surface area contributed by atoms with Crippen LogP contribution in [0.5, 0.6) is 11.5 Å². The monoisotopic (exact) mass is 391 g/mol. The smallest absolute Gasteiger partial charge is 0.271 e. The van der Waals surface area contributed by atoms with Gasteiger partial charge in [-0.25, -0.2) is 5.43 Å². The van der Waals surface area contributed by atoms with E-state index in [1.165, 1.54) is 6.07 Å². The maximum absolute atomic E-state index is 12.3. The van der Waals surface area contributed by atoms with Gasteiger partial charge < -0.3 is 23.8 Å². The molecule has 0 spiro atoms. The lowest BCUT2D eigenvalue weighted by atomic mass is 10.1. The highest BCUT2D eigenvalue weighted by atomic mass is 16.7. The van der Waals surface area contributed by atoms with Crippen LogP contribution in [0, 0.1) is 0 Å². The Morgan fingerprint density at radius 2 is 1.69 bits per heavy atom. The molecule has 0 fully saturated rings. The number of hydrazone groups is 1. The highest BCUT2D eigenvalue weighted by Gasteiger charge is 2.16. The van der Waals surface area contributed by atoms with E-state index in [0.29, 0.717) is 34.1 Å². The van der Waals surface area contributed by atoms with Crippen molar-refractivity contribution >= 4 is 17.6 Å². The fraction of sp³-hybridized carbons (Fsp3) is 0.0952. The summed E-state index contributed by atoms with van der Waals surface area (Å²) in [5.74, 6) is -0.425. The number of ether oxygens (including phenoxy) is 2. The summed E-state index contributed by atoms with van der Waals surface area (Å²) in [6.45, 7) is 1.90. The van der Waals surface area contributed by atoms with Gasteiger partial charge in [0.1, 0.15) is 17.5 Å². The van der Waals surface area contributed by atoms with Crippen molar-refractivity contribution in [1.82, 2.24) is 5.43 Å². The molecule has 3 aromatic rings. The summed E-state index contributed by atoms with van der Waals surface area (Å²) in [4.78, 5) is 23.1. The Kier molecular flexibility index (Phi) is 4.74. The first-order valence-corrected chi connectivity index (χ1v) is 8.67. The molecule has 0 saturated carbocycles. The Hall–Kier alpha value is -4.07. The van der Waals surface area contributed by atoms with Crippen LogP contribution in [0.3, 0.4) is 0 Å². The van der Waals surface area contributed by atoms with Crippen LogP contribution in [0.25, 0.3) is 11.3 Å². The Morgan fingerprint density at radius 1 is 0.966 bits per heavy atom. The van der Waals surface area contributed by atoms with Crippen LogP contribution in [0.1, 0.15) is 33.4 Å². The second kappa shape index (κ2) is 7.51. The van der Waals surface area contributed by atoms with Crippen molar-refractivity contribution in [2.24, 2.45) is 5.10 Å². The molecule has 1 aliphatic rings. The predicted molar refractivity (Wildman–Crippen MR) is 101 cm³/mol. The molecule has 2 aromatic carbocycles. The van der Waals surface area contributed by atoms with Gasteiger partial charge in [-0.3, -0.25) is 4.79 Å². The molecule has 29 heavy (non-hydrogen) atoms. The average molecular weight is 391 g/mol. The van der Waals surface area contributed by atoms with Crippen molar-refractivity contribution in [2.45, 2.75) is 6.92 Å². The molecule has 1 amide bonds. The number of carboxylic acids is 1. The molecule has 146 valence electrons. The zero-order chi connectivity index (χ0) is 20.4. The number of furan rings is 1. The normalized spacial score (nSPS) is 12.7. The highest BCUT2D eigenvalue weighted by Crippen LogP contribution is 2.32. The number of carboxylic acid groups (broad SMARTS) is 1. The van der Waals surface area contributed by atoms with Gasteiger partial charge in [-0.1, -0.05) is 24.3 Å². The number of carbonyl (C=O) groups is 2. The number of carbonyl (C=O) groups excluding carboxylic acids is 2. The van der Waals surface area contributed by atoms with Crippen molar-refractivity contribution < 1.29 is 28.6 Å². The quantitative estimate of drug-likeness (QED) is 0.527. The average Bonchev–Trinajstić information content (AvgIpc) is 3.41. The standard InChI is InChI=1S/C21H16N2O6/c1-12(22-23-20(24)15-6-7-17-19(10-15)28-11-27-17)13-2-4-14(5-3-13)16-8-9-18(29-16)21(25)26/h2-10H,11H2,1H3,(H,23,24)(H,25,26)/p-1/b22-12-. The summed E-state index contributed by atoms with van der Waals surface area (Å²) in [6.07, 6.45) is 0. The van der Waals surface area contributed by atoms with E-state index in [4.69, 9.17) is 13.9 Å². The molecule has 8 heteroatoms. The van der Waals surface area contributed by atoms with Gasteiger partial charge in [0, 0.05) is 11.1 Å². The largest absolute Gasteiger partial charge is 0.542 e. The van der Waals surface area contributed by atoms with Crippen LogP contribution >= 0.6 is 0 Å². The number of aromatic carboxylic acids is 1. The van der Waals surface area contributed by atoms with Crippen molar-refractivity contribution in [3.63, 3.8) is 0 Å². The van der Waals surface area contributed by atoms with Gasteiger partial charge in [0.15, 0.2) is 11.5 Å². The van der Waals surface area contributed by atoms with Crippen LogP contribution in [-0.2, 0) is 0 Å². The first-order valence-electron chi connectivity index (χ1n) is 8.67. The third-order valence-corrected chi connectivity index (χ3v) is 4.35. The Balaban J connectivity index is 1.44. The Bertz CT molecular complexity index is 1110. The van der Waals surface area contributed by atoms with Crippen LogP contribution in [0.15, 0.2) is 64.1 Å². The molecule has 0 saturated heterocycles. The minimum atomic E-state index is -1.37. The molecule has 2 heterocycles. The molecule has 0 radical (unpaired) electrons. The zero-order valence-corrected chi connectivity index (χ0v) is 15.3. The minimum Gasteiger partial charge on any atom is -0.542 e.